The van der Waals surface area contributed by atoms with Gasteiger partial charge >= 0.3 is 0 Å². The number of amides is 1. The van der Waals surface area contributed by atoms with Gasteiger partial charge in [0.1, 0.15) is 5.02 Å². The second-order valence-electron chi connectivity index (χ2n) is 3.80. The predicted molar refractivity (Wildman–Crippen MR) is 81.1 cm³/mol. The van der Waals surface area contributed by atoms with Gasteiger partial charge in [0.15, 0.2) is 10.8 Å². The smallest absolute Gasteiger partial charge is 0.292 e. The molecule has 1 heterocycles. The molecule has 0 bridgehead atoms. The van der Waals surface area contributed by atoms with Crippen LogP contribution >= 0.6 is 34.8 Å². The highest BCUT2D eigenvalue weighted by Crippen LogP contribution is 2.34. The van der Waals surface area contributed by atoms with Gasteiger partial charge < -0.3 is 5.73 Å². The second kappa shape index (κ2) is 5.85. The van der Waals surface area contributed by atoms with Crippen molar-refractivity contribution in [2.24, 2.45) is 5.84 Å². The highest BCUT2D eigenvalue weighted by Gasteiger charge is 2.23. The molecule has 0 fully saturated rings. The first-order valence-corrected chi connectivity index (χ1v) is 6.51. The minimum atomic E-state index is -0.647. The molecular weight excluding hydrogens is 323 g/mol. The Labute approximate surface area is 130 Å². The van der Waals surface area contributed by atoms with Gasteiger partial charge in [0, 0.05) is 0 Å². The zero-order valence-corrected chi connectivity index (χ0v) is 12.2. The lowest BCUT2D eigenvalue weighted by atomic mass is 10.2. The SMILES string of the molecule is Nc1c(Cl)c(Cl)nc(C(=O)N(N)c2ccccc2)c1Cl. The summed E-state index contributed by atoms with van der Waals surface area (Å²) in [7, 11) is 0. The standard InChI is InChI=1S/C12H9Cl3N4O/c13-7-9(16)8(14)11(15)18-10(7)12(20)19(17)6-4-2-1-3-5-6/h1-5H,17H2,(H2,16,18). The molecule has 0 saturated carbocycles. The van der Waals surface area contributed by atoms with Gasteiger partial charge in [-0.1, -0.05) is 53.0 Å². The summed E-state index contributed by atoms with van der Waals surface area (Å²) in [6.07, 6.45) is 0. The van der Waals surface area contributed by atoms with Crippen LogP contribution in [0.1, 0.15) is 10.5 Å². The Kier molecular flexibility index (Phi) is 4.35. The largest absolute Gasteiger partial charge is 0.396 e. The van der Waals surface area contributed by atoms with E-state index < -0.39 is 5.91 Å². The maximum Gasteiger partial charge on any atom is 0.292 e. The van der Waals surface area contributed by atoms with Crippen LogP contribution in [0.25, 0.3) is 0 Å². The zero-order valence-electron chi connectivity index (χ0n) is 9.98. The quantitative estimate of drug-likeness (QED) is 0.383. The van der Waals surface area contributed by atoms with Crippen LogP contribution in [-0.2, 0) is 0 Å². The predicted octanol–water partition coefficient (Wildman–Crippen LogP) is 3.14. The van der Waals surface area contributed by atoms with Crippen molar-refractivity contribution in [1.82, 2.24) is 4.98 Å². The molecule has 5 nitrogen and oxygen atoms in total. The Balaban J connectivity index is 2.45. The summed E-state index contributed by atoms with van der Waals surface area (Å²) in [6, 6.07) is 8.59. The van der Waals surface area contributed by atoms with E-state index in [1.165, 1.54) is 0 Å². The highest BCUT2D eigenvalue weighted by atomic mass is 35.5. The number of nitrogen functional groups attached to an aromatic ring is 1. The molecule has 1 aromatic heterocycles. The van der Waals surface area contributed by atoms with E-state index in [1.54, 1.807) is 30.3 Å². The molecule has 0 atom stereocenters. The van der Waals surface area contributed by atoms with E-state index in [-0.39, 0.29) is 26.6 Å². The van der Waals surface area contributed by atoms with E-state index in [0.717, 1.165) is 5.01 Å². The number of para-hydroxylation sites is 1. The number of anilines is 2. The van der Waals surface area contributed by atoms with Crippen LogP contribution in [-0.4, -0.2) is 10.9 Å². The maximum absolute atomic E-state index is 12.3. The van der Waals surface area contributed by atoms with Crippen molar-refractivity contribution in [2.45, 2.75) is 0 Å². The van der Waals surface area contributed by atoms with Crippen LogP contribution in [0, 0.1) is 0 Å². The normalized spacial score (nSPS) is 10.4. The molecule has 2 rings (SSSR count). The fourth-order valence-corrected chi connectivity index (χ4v) is 2.08. The number of aromatic nitrogens is 1. The van der Waals surface area contributed by atoms with E-state index in [9.17, 15) is 4.79 Å². The molecular formula is C12H9Cl3N4O. The lowest BCUT2D eigenvalue weighted by Crippen LogP contribution is -2.38. The van der Waals surface area contributed by atoms with E-state index in [4.69, 9.17) is 46.4 Å². The van der Waals surface area contributed by atoms with Crippen molar-refractivity contribution in [1.29, 1.82) is 0 Å². The van der Waals surface area contributed by atoms with Crippen LogP contribution in [0.3, 0.4) is 0 Å². The highest BCUT2D eigenvalue weighted by molar-refractivity contribution is 6.46. The first-order chi connectivity index (χ1) is 9.43. The lowest BCUT2D eigenvalue weighted by Gasteiger charge is -2.17. The molecule has 2 aromatic rings. The Morgan fingerprint density at radius 3 is 2.30 bits per heavy atom. The number of carbonyl (C=O) groups is 1. The molecule has 0 aliphatic heterocycles. The molecule has 20 heavy (non-hydrogen) atoms. The third-order valence-corrected chi connectivity index (χ3v) is 3.66. The average Bonchev–Trinajstić information content (AvgIpc) is 2.48. The molecule has 1 aromatic carbocycles. The van der Waals surface area contributed by atoms with Crippen molar-refractivity contribution in [3.63, 3.8) is 0 Å². The van der Waals surface area contributed by atoms with Gasteiger partial charge in [0.05, 0.1) is 16.4 Å². The van der Waals surface area contributed by atoms with E-state index in [0.29, 0.717) is 5.69 Å². The molecule has 0 unspecified atom stereocenters. The summed E-state index contributed by atoms with van der Waals surface area (Å²) < 4.78 is 0. The summed E-state index contributed by atoms with van der Waals surface area (Å²) in [5.41, 5.74) is 5.95. The monoisotopic (exact) mass is 330 g/mol. The fourth-order valence-electron chi connectivity index (χ4n) is 1.49. The summed E-state index contributed by atoms with van der Waals surface area (Å²) in [4.78, 5) is 16.1. The number of pyridine rings is 1. The van der Waals surface area contributed by atoms with Crippen LogP contribution in [0.5, 0.6) is 0 Å². The number of hydrogen-bond donors (Lipinski definition) is 2. The molecule has 1 amide bonds. The number of nitrogens with two attached hydrogens (primary N) is 2. The number of carbonyl (C=O) groups excluding carboxylic acids is 1. The summed E-state index contributed by atoms with van der Waals surface area (Å²) in [5.74, 6) is 5.10. The average molecular weight is 332 g/mol. The molecule has 0 aliphatic rings. The van der Waals surface area contributed by atoms with Gasteiger partial charge in [-0.25, -0.2) is 15.8 Å². The molecule has 8 heteroatoms. The van der Waals surface area contributed by atoms with Gasteiger partial charge in [-0.3, -0.25) is 4.79 Å². The third kappa shape index (κ3) is 2.66. The minimum absolute atomic E-state index is 0.00324. The van der Waals surface area contributed by atoms with Crippen molar-refractivity contribution in [2.75, 3.05) is 10.7 Å². The van der Waals surface area contributed by atoms with Crippen LogP contribution < -0.4 is 16.6 Å². The summed E-state index contributed by atoms with van der Waals surface area (Å²) in [6.45, 7) is 0. The lowest BCUT2D eigenvalue weighted by molar-refractivity contribution is 0.0982. The zero-order chi connectivity index (χ0) is 14.9. The molecule has 104 valence electrons. The van der Waals surface area contributed by atoms with Crippen LogP contribution in [0.15, 0.2) is 30.3 Å². The van der Waals surface area contributed by atoms with Crippen LogP contribution in [0.4, 0.5) is 11.4 Å². The van der Waals surface area contributed by atoms with Crippen LogP contribution in [0.2, 0.25) is 15.2 Å². The van der Waals surface area contributed by atoms with E-state index in [1.807, 2.05) is 0 Å². The number of benzene rings is 1. The molecule has 0 aliphatic carbocycles. The van der Waals surface area contributed by atoms with E-state index in [2.05, 4.69) is 4.98 Å². The molecule has 0 saturated heterocycles. The molecule has 4 N–H and O–H groups in total. The Bertz CT molecular complexity index is 663. The van der Waals surface area contributed by atoms with Crippen molar-refractivity contribution in [3.8, 4) is 0 Å². The second-order valence-corrected chi connectivity index (χ2v) is 4.92. The first-order valence-electron chi connectivity index (χ1n) is 5.37. The van der Waals surface area contributed by atoms with Gasteiger partial charge in [-0.05, 0) is 12.1 Å². The number of hydrogen-bond acceptors (Lipinski definition) is 4. The van der Waals surface area contributed by atoms with Gasteiger partial charge in [-0.15, -0.1) is 0 Å². The minimum Gasteiger partial charge on any atom is -0.396 e. The maximum atomic E-state index is 12.3. The number of nitrogens with zero attached hydrogens (tertiary/aromatic N) is 2. The fraction of sp³-hybridized carbons (Fsp3) is 0. The van der Waals surface area contributed by atoms with E-state index >= 15 is 0 Å². The van der Waals surface area contributed by atoms with Crippen molar-refractivity contribution in [3.05, 3.63) is 51.2 Å². The van der Waals surface area contributed by atoms with Gasteiger partial charge in [0.25, 0.3) is 5.91 Å². The third-order valence-electron chi connectivity index (χ3n) is 2.53. The van der Waals surface area contributed by atoms with Gasteiger partial charge in [-0.2, -0.15) is 0 Å². The summed E-state index contributed by atoms with van der Waals surface area (Å²) >= 11 is 17.6. The number of hydrazine groups is 1. The number of halogens is 3. The molecule has 0 radical (unpaired) electrons. The van der Waals surface area contributed by atoms with Crippen molar-refractivity contribution >= 4 is 52.1 Å². The number of rotatable bonds is 2. The first kappa shape index (κ1) is 14.9. The topological polar surface area (TPSA) is 85.2 Å². The Morgan fingerprint density at radius 2 is 1.70 bits per heavy atom. The molecule has 0 spiro atoms. The Hall–Kier alpha value is -1.53. The Morgan fingerprint density at radius 1 is 1.10 bits per heavy atom. The summed E-state index contributed by atoms with van der Waals surface area (Å²) in [5, 5.41) is 0.698. The van der Waals surface area contributed by atoms with Crippen molar-refractivity contribution < 1.29 is 4.79 Å². The van der Waals surface area contributed by atoms with Gasteiger partial charge in [0.2, 0.25) is 0 Å².